The van der Waals surface area contributed by atoms with Gasteiger partial charge in [-0.15, -0.1) is 11.3 Å². The Kier molecular flexibility index (Phi) is 6.65. The molecular formula is C33H32F3N9OS. The zero-order valence-electron chi connectivity index (χ0n) is 25.7. The summed E-state index contributed by atoms with van der Waals surface area (Å²) in [5, 5.41) is 22.5. The van der Waals surface area contributed by atoms with Gasteiger partial charge in [-0.2, -0.15) is 20.3 Å². The first-order valence-electron chi connectivity index (χ1n) is 16.1. The van der Waals surface area contributed by atoms with Crippen molar-refractivity contribution in [2.45, 2.75) is 69.2 Å². The maximum absolute atomic E-state index is 14.8. The summed E-state index contributed by atoms with van der Waals surface area (Å²) in [6.07, 6.45) is 2.45. The summed E-state index contributed by atoms with van der Waals surface area (Å²) in [6.45, 7) is 4.77. The lowest BCUT2D eigenvalue weighted by molar-refractivity contribution is 0.107. The molecule has 0 spiro atoms. The average molecular weight is 660 g/mol. The van der Waals surface area contributed by atoms with Crippen LogP contribution in [0.15, 0.2) is 18.3 Å². The number of H-pyrrole nitrogens is 1. The Morgan fingerprint density at radius 1 is 1.19 bits per heavy atom. The molecule has 242 valence electrons. The molecule has 10 nitrogen and oxygen atoms in total. The number of aromatic amines is 1. The molecule has 0 unspecified atom stereocenters. The molecule has 4 atom stereocenters. The second-order valence-electron chi connectivity index (χ2n) is 13.4. The van der Waals surface area contributed by atoms with Gasteiger partial charge in [0.2, 0.25) is 0 Å². The molecule has 0 aliphatic carbocycles. The molecule has 47 heavy (non-hydrogen) atoms. The van der Waals surface area contributed by atoms with Crippen molar-refractivity contribution in [3.63, 3.8) is 0 Å². The minimum Gasteiger partial charge on any atom is -0.461 e. The van der Waals surface area contributed by atoms with Gasteiger partial charge < -0.3 is 15.0 Å². The van der Waals surface area contributed by atoms with E-state index in [1.165, 1.54) is 11.3 Å². The molecule has 4 saturated heterocycles. The average Bonchev–Trinajstić information content (AvgIpc) is 3.86. The number of alkyl halides is 3. The number of fused-ring (bicyclic) bond motifs is 7. The number of halogens is 3. The van der Waals surface area contributed by atoms with Crippen molar-refractivity contribution >= 4 is 48.4 Å². The Hall–Kier alpha value is -4.06. The zero-order valence-corrected chi connectivity index (χ0v) is 26.5. The molecule has 1 aromatic carbocycles. The van der Waals surface area contributed by atoms with E-state index >= 15 is 0 Å². The third kappa shape index (κ3) is 4.50. The van der Waals surface area contributed by atoms with Gasteiger partial charge >= 0.3 is 6.01 Å². The van der Waals surface area contributed by atoms with E-state index in [1.54, 1.807) is 19.2 Å². The number of aryl methyl sites for hydroxylation is 1. The molecule has 4 aliphatic rings. The van der Waals surface area contributed by atoms with Crippen LogP contribution in [-0.2, 0) is 0 Å². The highest BCUT2D eigenvalue weighted by Crippen LogP contribution is 2.47. The number of thiophene rings is 1. The molecule has 4 fully saturated rings. The first-order valence-corrected chi connectivity index (χ1v) is 17.0. The molecule has 8 heterocycles. The van der Waals surface area contributed by atoms with Crippen molar-refractivity contribution in [1.29, 1.82) is 5.26 Å². The number of hydrogen-bond acceptors (Lipinski definition) is 10. The van der Waals surface area contributed by atoms with Gasteiger partial charge in [-0.05, 0) is 56.8 Å². The van der Waals surface area contributed by atoms with Crippen molar-refractivity contribution in [2.75, 3.05) is 37.7 Å². The predicted octanol–water partition coefficient (Wildman–Crippen LogP) is 5.80. The van der Waals surface area contributed by atoms with E-state index in [2.05, 4.69) is 36.4 Å². The van der Waals surface area contributed by atoms with Gasteiger partial charge in [0, 0.05) is 66.2 Å². The Balaban J connectivity index is 1.24. The van der Waals surface area contributed by atoms with Crippen LogP contribution in [0.4, 0.5) is 19.0 Å². The molecule has 0 radical (unpaired) electrons. The fourth-order valence-electron chi connectivity index (χ4n) is 8.60. The van der Waals surface area contributed by atoms with E-state index in [4.69, 9.17) is 14.7 Å². The van der Waals surface area contributed by atoms with Crippen LogP contribution in [0.5, 0.6) is 6.01 Å². The largest absolute Gasteiger partial charge is 0.461 e. The third-order valence-electron chi connectivity index (χ3n) is 10.6. The number of anilines is 1. The second kappa shape index (κ2) is 10.7. The molecule has 14 heteroatoms. The van der Waals surface area contributed by atoms with Crippen molar-refractivity contribution in [1.82, 2.24) is 35.4 Å². The Morgan fingerprint density at radius 2 is 2.02 bits per heavy atom. The van der Waals surface area contributed by atoms with Crippen molar-refractivity contribution in [2.24, 2.45) is 0 Å². The lowest BCUT2D eigenvalue weighted by atomic mass is 9.93. The van der Waals surface area contributed by atoms with Crippen LogP contribution in [0.2, 0.25) is 0 Å². The number of nitrogens with zero attached hydrogens (tertiary/aromatic N) is 7. The molecule has 4 aliphatic heterocycles. The minimum atomic E-state index is -2.80. The van der Waals surface area contributed by atoms with Gasteiger partial charge in [-0.1, -0.05) is 0 Å². The number of benzene rings is 1. The fraction of sp³-hybridized carbons (Fsp3) is 0.485. The SMILES string of the molecule is Cc1cc2[nH]nc(C#N)c2c(-c2nccc3c2sc2nc(OC[C@@]45CCCN4C[C@H](F)C5)nc(N4C[C@H]5CC[C@@H](C4)N5)c23)c1C(F)F. The number of nitriles is 1. The molecule has 2 N–H and O–H groups in total. The first kappa shape index (κ1) is 29.1. The van der Waals surface area contributed by atoms with Crippen LogP contribution in [0.25, 0.3) is 42.5 Å². The quantitative estimate of drug-likeness (QED) is 0.233. The van der Waals surface area contributed by atoms with E-state index in [-0.39, 0.29) is 28.4 Å². The minimum absolute atomic E-state index is 0.0343. The molecular weight excluding hydrogens is 627 g/mol. The molecule has 0 amide bonds. The lowest BCUT2D eigenvalue weighted by Gasteiger charge is -2.34. The summed E-state index contributed by atoms with van der Waals surface area (Å²) in [5.74, 6) is 0.742. The zero-order chi connectivity index (χ0) is 32.0. The van der Waals surface area contributed by atoms with Crippen molar-refractivity contribution in [3.05, 3.63) is 35.2 Å². The maximum atomic E-state index is 14.8. The third-order valence-corrected chi connectivity index (χ3v) is 11.7. The normalized spacial score (nSPS) is 25.9. The molecule has 0 saturated carbocycles. The van der Waals surface area contributed by atoms with Crippen LogP contribution < -0.4 is 15.0 Å². The van der Waals surface area contributed by atoms with Gasteiger partial charge in [0.15, 0.2) is 5.69 Å². The van der Waals surface area contributed by atoms with E-state index in [9.17, 15) is 18.4 Å². The number of pyridine rings is 1. The highest BCUT2D eigenvalue weighted by molar-refractivity contribution is 7.26. The molecule has 2 bridgehead atoms. The Labute approximate surface area is 271 Å². The summed E-state index contributed by atoms with van der Waals surface area (Å²) in [5.41, 5.74) is 0.929. The standard InChI is InChI=1S/C33H32F3N9OS/c1-16-9-21-25(22(11-37)43-42-21)26(23(16)29(35)36)27-28-20(5-7-38-27)24-30(44-13-18-3-4-19(14-44)39-18)40-32(41-31(24)47-28)46-15-33-6-2-8-45(33)12-17(34)10-33/h5,7,9,17-19,29,39H,2-4,6,8,10,12-15H2,1H3,(H,42,43)/t17-,18-,19+,33+/m1/s1. The number of nitrogens with one attached hydrogen (secondary N) is 2. The lowest BCUT2D eigenvalue weighted by Crippen LogP contribution is -2.51. The molecule has 4 aromatic heterocycles. The van der Waals surface area contributed by atoms with Crippen LogP contribution >= 0.6 is 11.3 Å². The van der Waals surface area contributed by atoms with Crippen molar-refractivity contribution in [3.8, 4) is 23.3 Å². The van der Waals surface area contributed by atoms with Crippen LogP contribution in [0.3, 0.4) is 0 Å². The van der Waals surface area contributed by atoms with Crippen LogP contribution in [0, 0.1) is 18.3 Å². The number of rotatable bonds is 6. The maximum Gasteiger partial charge on any atom is 0.319 e. The van der Waals surface area contributed by atoms with E-state index in [0.29, 0.717) is 63.3 Å². The highest BCUT2D eigenvalue weighted by atomic mass is 32.1. The fourth-order valence-corrected chi connectivity index (χ4v) is 9.75. The number of aromatic nitrogens is 5. The predicted molar refractivity (Wildman–Crippen MR) is 173 cm³/mol. The number of ether oxygens (including phenoxy) is 1. The molecule has 9 rings (SSSR count). The summed E-state index contributed by atoms with van der Waals surface area (Å²) in [4.78, 5) is 19.7. The summed E-state index contributed by atoms with van der Waals surface area (Å²) < 4.78 is 51.2. The summed E-state index contributed by atoms with van der Waals surface area (Å²) in [7, 11) is 0. The summed E-state index contributed by atoms with van der Waals surface area (Å²) >= 11 is 1.36. The topological polar surface area (TPSA) is 119 Å². The van der Waals surface area contributed by atoms with Gasteiger partial charge in [0.05, 0.1) is 26.8 Å². The molecule has 5 aromatic rings. The van der Waals surface area contributed by atoms with E-state index in [0.717, 1.165) is 61.9 Å². The smallest absolute Gasteiger partial charge is 0.319 e. The Bertz CT molecular complexity index is 2100. The summed E-state index contributed by atoms with van der Waals surface area (Å²) in [6, 6.07) is 6.46. The Morgan fingerprint density at radius 3 is 2.81 bits per heavy atom. The highest BCUT2D eigenvalue weighted by Gasteiger charge is 2.49. The van der Waals surface area contributed by atoms with Gasteiger partial charge in [-0.3, -0.25) is 15.0 Å². The van der Waals surface area contributed by atoms with Gasteiger partial charge in [0.25, 0.3) is 6.43 Å². The second-order valence-corrected chi connectivity index (χ2v) is 14.4. The van der Waals surface area contributed by atoms with Gasteiger partial charge in [-0.25, -0.2) is 13.2 Å². The van der Waals surface area contributed by atoms with Crippen LogP contribution in [-0.4, -0.2) is 86.6 Å². The van der Waals surface area contributed by atoms with Crippen molar-refractivity contribution < 1.29 is 17.9 Å². The monoisotopic (exact) mass is 659 g/mol. The van der Waals surface area contributed by atoms with E-state index in [1.807, 2.05) is 6.07 Å². The van der Waals surface area contributed by atoms with E-state index < -0.39 is 12.6 Å². The number of piperazine rings is 1. The number of hydrogen-bond donors (Lipinski definition) is 2. The van der Waals surface area contributed by atoms with Gasteiger partial charge in [0.1, 0.15) is 29.5 Å². The van der Waals surface area contributed by atoms with Crippen LogP contribution in [0.1, 0.15) is 55.4 Å². The first-order chi connectivity index (χ1) is 22.8.